The average molecular weight is 277 g/mol. The molecule has 0 atom stereocenters. The predicted octanol–water partition coefficient (Wildman–Crippen LogP) is 0.237. The molecule has 0 aromatic heterocycles. The molecule has 0 amide bonds. The van der Waals surface area contributed by atoms with E-state index in [9.17, 15) is 23.0 Å². The van der Waals surface area contributed by atoms with Crippen molar-refractivity contribution in [3.8, 4) is 0 Å². The van der Waals surface area contributed by atoms with Gasteiger partial charge in [-0.3, -0.25) is 0 Å². The minimum atomic E-state index is -3.99. The van der Waals surface area contributed by atoms with E-state index >= 15 is 0 Å². The van der Waals surface area contributed by atoms with Crippen molar-refractivity contribution >= 4 is 10.0 Å². The summed E-state index contributed by atoms with van der Waals surface area (Å²) in [6.07, 6.45) is 0.203. The SMILES string of the molecule is CCC(CO)(CO)NS(=O)(=O)c1cccc(F)c1. The van der Waals surface area contributed by atoms with Gasteiger partial charge in [0.2, 0.25) is 10.0 Å². The van der Waals surface area contributed by atoms with Crippen molar-refractivity contribution in [1.29, 1.82) is 0 Å². The standard InChI is InChI=1S/C11H16FNO4S/c1-2-11(7-14,8-15)13-18(16,17)10-5-3-4-9(12)6-10/h3-6,13-15H,2,7-8H2,1H3. The molecule has 1 aromatic carbocycles. The van der Waals surface area contributed by atoms with Crippen LogP contribution >= 0.6 is 0 Å². The summed E-state index contributed by atoms with van der Waals surface area (Å²) < 4.78 is 39.1. The second kappa shape index (κ2) is 5.75. The van der Waals surface area contributed by atoms with Crippen molar-refractivity contribution < 1.29 is 23.0 Å². The lowest BCUT2D eigenvalue weighted by atomic mass is 10.0. The predicted molar refractivity (Wildman–Crippen MR) is 63.9 cm³/mol. The van der Waals surface area contributed by atoms with Crippen molar-refractivity contribution in [3.05, 3.63) is 30.1 Å². The van der Waals surface area contributed by atoms with Crippen LogP contribution in [-0.4, -0.2) is 37.4 Å². The largest absolute Gasteiger partial charge is 0.394 e. The van der Waals surface area contributed by atoms with Crippen LogP contribution < -0.4 is 4.72 Å². The van der Waals surface area contributed by atoms with Crippen LogP contribution in [0.15, 0.2) is 29.2 Å². The maximum Gasteiger partial charge on any atom is 0.241 e. The van der Waals surface area contributed by atoms with Crippen molar-refractivity contribution in [3.63, 3.8) is 0 Å². The van der Waals surface area contributed by atoms with Gasteiger partial charge in [-0.15, -0.1) is 0 Å². The molecule has 7 heteroatoms. The van der Waals surface area contributed by atoms with E-state index in [1.807, 2.05) is 0 Å². The van der Waals surface area contributed by atoms with E-state index in [-0.39, 0.29) is 11.3 Å². The highest BCUT2D eigenvalue weighted by Crippen LogP contribution is 2.16. The van der Waals surface area contributed by atoms with Crippen LogP contribution in [0, 0.1) is 5.82 Å². The summed E-state index contributed by atoms with van der Waals surface area (Å²) >= 11 is 0. The van der Waals surface area contributed by atoms with E-state index in [0.717, 1.165) is 12.1 Å². The van der Waals surface area contributed by atoms with E-state index in [1.54, 1.807) is 6.92 Å². The van der Waals surface area contributed by atoms with Crippen molar-refractivity contribution in [2.24, 2.45) is 0 Å². The van der Waals surface area contributed by atoms with Gasteiger partial charge in [0.25, 0.3) is 0 Å². The molecule has 18 heavy (non-hydrogen) atoms. The third-order valence-corrected chi connectivity index (χ3v) is 4.32. The third-order valence-electron chi connectivity index (χ3n) is 2.74. The van der Waals surface area contributed by atoms with Crippen LogP contribution in [0.4, 0.5) is 4.39 Å². The molecule has 0 spiro atoms. The molecule has 0 aliphatic rings. The molecule has 5 nitrogen and oxygen atoms in total. The number of aliphatic hydroxyl groups is 2. The van der Waals surface area contributed by atoms with Gasteiger partial charge in [-0.1, -0.05) is 13.0 Å². The summed E-state index contributed by atoms with van der Waals surface area (Å²) in [5.74, 6) is -0.673. The van der Waals surface area contributed by atoms with E-state index in [4.69, 9.17) is 0 Å². The zero-order valence-corrected chi connectivity index (χ0v) is 10.7. The second-order valence-electron chi connectivity index (χ2n) is 4.01. The quantitative estimate of drug-likeness (QED) is 0.695. The Balaban J connectivity index is 3.08. The monoisotopic (exact) mass is 277 g/mol. The Morgan fingerprint density at radius 1 is 1.33 bits per heavy atom. The number of rotatable bonds is 6. The van der Waals surface area contributed by atoms with Gasteiger partial charge < -0.3 is 10.2 Å². The van der Waals surface area contributed by atoms with Crippen molar-refractivity contribution in [2.45, 2.75) is 23.8 Å². The molecular formula is C11H16FNO4S. The first-order chi connectivity index (χ1) is 8.39. The number of benzene rings is 1. The highest BCUT2D eigenvalue weighted by atomic mass is 32.2. The fourth-order valence-electron chi connectivity index (χ4n) is 1.39. The van der Waals surface area contributed by atoms with Crippen LogP contribution in [0.1, 0.15) is 13.3 Å². The van der Waals surface area contributed by atoms with Crippen LogP contribution in [0.3, 0.4) is 0 Å². The molecule has 0 radical (unpaired) electrons. The van der Waals surface area contributed by atoms with Gasteiger partial charge in [0.05, 0.1) is 23.6 Å². The topological polar surface area (TPSA) is 86.6 Å². The Labute approximate surface area is 105 Å². The molecule has 1 aromatic rings. The zero-order chi connectivity index (χ0) is 13.8. The number of sulfonamides is 1. The van der Waals surface area contributed by atoms with Crippen molar-refractivity contribution in [2.75, 3.05) is 13.2 Å². The van der Waals surface area contributed by atoms with Gasteiger partial charge >= 0.3 is 0 Å². The van der Waals surface area contributed by atoms with Gasteiger partial charge in [-0.2, -0.15) is 0 Å². The zero-order valence-electron chi connectivity index (χ0n) is 9.93. The highest BCUT2D eigenvalue weighted by molar-refractivity contribution is 7.89. The molecule has 3 N–H and O–H groups in total. The minimum absolute atomic E-state index is 0.203. The van der Waals surface area contributed by atoms with E-state index in [0.29, 0.717) is 0 Å². The highest BCUT2D eigenvalue weighted by Gasteiger charge is 2.32. The van der Waals surface area contributed by atoms with Crippen LogP contribution in [0.5, 0.6) is 0 Å². The van der Waals surface area contributed by atoms with Gasteiger partial charge in [0.15, 0.2) is 0 Å². The molecule has 0 aliphatic heterocycles. The summed E-state index contributed by atoms with van der Waals surface area (Å²) in [5.41, 5.74) is -1.34. The summed E-state index contributed by atoms with van der Waals surface area (Å²) in [6, 6.07) is 4.51. The van der Waals surface area contributed by atoms with Gasteiger partial charge in [0, 0.05) is 0 Å². The van der Waals surface area contributed by atoms with Crippen LogP contribution in [0.25, 0.3) is 0 Å². The normalized spacial score (nSPS) is 12.7. The Hall–Kier alpha value is -1.02. The summed E-state index contributed by atoms with van der Waals surface area (Å²) in [5, 5.41) is 18.4. The fourth-order valence-corrected chi connectivity index (χ4v) is 2.88. The third kappa shape index (κ3) is 3.26. The van der Waals surface area contributed by atoms with Crippen LogP contribution in [0.2, 0.25) is 0 Å². The number of hydrogen-bond donors (Lipinski definition) is 3. The maximum absolute atomic E-state index is 13.0. The van der Waals surface area contributed by atoms with E-state index in [2.05, 4.69) is 4.72 Å². The smallest absolute Gasteiger partial charge is 0.241 e. The second-order valence-corrected chi connectivity index (χ2v) is 5.70. The first-order valence-electron chi connectivity index (χ1n) is 5.40. The fraction of sp³-hybridized carbons (Fsp3) is 0.455. The Morgan fingerprint density at radius 2 is 1.94 bits per heavy atom. The summed E-state index contributed by atoms with van der Waals surface area (Å²) in [6.45, 7) is 0.531. The average Bonchev–Trinajstić information content (AvgIpc) is 2.36. The molecule has 0 saturated heterocycles. The number of hydrogen-bond acceptors (Lipinski definition) is 4. The lowest BCUT2D eigenvalue weighted by Crippen LogP contribution is -2.53. The van der Waals surface area contributed by atoms with E-state index < -0.39 is 34.6 Å². The first-order valence-corrected chi connectivity index (χ1v) is 6.89. The molecule has 0 bridgehead atoms. The summed E-state index contributed by atoms with van der Waals surface area (Å²) in [7, 11) is -3.99. The Morgan fingerprint density at radius 3 is 2.39 bits per heavy atom. The number of halogens is 1. The molecule has 102 valence electrons. The Bertz CT molecular complexity index is 491. The lowest BCUT2D eigenvalue weighted by molar-refractivity contribution is 0.105. The van der Waals surface area contributed by atoms with E-state index in [1.165, 1.54) is 12.1 Å². The molecular weight excluding hydrogens is 261 g/mol. The maximum atomic E-state index is 13.0. The molecule has 0 fully saturated rings. The summed E-state index contributed by atoms with van der Waals surface area (Å²) in [4.78, 5) is -0.248. The van der Waals surface area contributed by atoms with Gasteiger partial charge in [0.1, 0.15) is 5.82 Å². The van der Waals surface area contributed by atoms with Gasteiger partial charge in [-0.05, 0) is 24.6 Å². The Kier molecular flexibility index (Phi) is 4.80. The molecule has 0 aliphatic carbocycles. The lowest BCUT2D eigenvalue weighted by Gasteiger charge is -2.29. The number of aliphatic hydroxyl groups excluding tert-OH is 2. The number of nitrogens with one attached hydrogen (secondary N) is 1. The first kappa shape index (κ1) is 15.0. The van der Waals surface area contributed by atoms with Crippen molar-refractivity contribution in [1.82, 2.24) is 4.72 Å². The molecule has 1 rings (SSSR count). The molecule has 0 heterocycles. The van der Waals surface area contributed by atoms with Gasteiger partial charge in [-0.25, -0.2) is 17.5 Å². The van der Waals surface area contributed by atoms with Crippen LogP contribution in [-0.2, 0) is 10.0 Å². The molecule has 0 unspecified atom stereocenters. The minimum Gasteiger partial charge on any atom is -0.394 e. The molecule has 0 saturated carbocycles.